The molecule has 2 amide bonds. The predicted molar refractivity (Wildman–Crippen MR) is 125 cm³/mol. The lowest BCUT2D eigenvalue weighted by atomic mass is 10.1. The van der Waals surface area contributed by atoms with Crippen molar-refractivity contribution in [3.8, 4) is 0 Å². The average Bonchev–Trinajstić information content (AvgIpc) is 3.09. The highest BCUT2D eigenvalue weighted by molar-refractivity contribution is 6.11. The Balaban J connectivity index is 0.000000260. The van der Waals surface area contributed by atoms with Gasteiger partial charge in [0.25, 0.3) is 5.91 Å². The number of hydrogen-bond donors (Lipinski definition) is 2. The Bertz CT molecular complexity index is 1160. The highest BCUT2D eigenvalue weighted by Crippen LogP contribution is 2.26. The summed E-state index contributed by atoms with van der Waals surface area (Å²) in [6.07, 6.45) is 1.13. The number of aromatic nitrogens is 3. The van der Waals surface area contributed by atoms with Crippen LogP contribution in [0.1, 0.15) is 45.1 Å². The largest absolute Gasteiger partial charge is 0.480 e. The van der Waals surface area contributed by atoms with Gasteiger partial charge in [0.2, 0.25) is 0 Å². The third kappa shape index (κ3) is 6.90. The fourth-order valence-corrected chi connectivity index (χ4v) is 3.09. The monoisotopic (exact) mass is 457 g/mol. The van der Waals surface area contributed by atoms with Gasteiger partial charge in [-0.3, -0.25) is 9.59 Å². The maximum atomic E-state index is 11.6. The predicted octanol–water partition coefficient (Wildman–Crippen LogP) is 3.28. The zero-order chi connectivity index (χ0) is 24.9. The number of pyridine rings is 1. The van der Waals surface area contributed by atoms with Gasteiger partial charge in [-0.25, -0.2) is 14.8 Å². The number of amides is 2. The number of likely N-dealkylation sites (N-methyl/N-ethyl adjacent to an activating group) is 1. The zero-order valence-electron chi connectivity index (χ0n) is 19.8. The number of rotatable bonds is 5. The molecule has 0 aliphatic heterocycles. The Morgan fingerprint density at radius 1 is 1.21 bits per heavy atom. The average molecular weight is 458 g/mol. The van der Waals surface area contributed by atoms with Crippen molar-refractivity contribution in [2.75, 3.05) is 13.6 Å². The second-order valence-corrected chi connectivity index (χ2v) is 9.06. The highest BCUT2D eigenvalue weighted by atomic mass is 16.6. The van der Waals surface area contributed by atoms with E-state index in [1.807, 2.05) is 24.3 Å². The summed E-state index contributed by atoms with van der Waals surface area (Å²) in [7, 11) is 1.38. The molecule has 10 nitrogen and oxygen atoms in total. The lowest BCUT2D eigenvalue weighted by Gasteiger charge is -2.23. The summed E-state index contributed by atoms with van der Waals surface area (Å²) in [5.74, 6) is -1.12. The number of primary amides is 1. The number of carbonyl (C=O) groups is 3. The van der Waals surface area contributed by atoms with Crippen LogP contribution < -0.4 is 5.73 Å². The third-order valence-electron chi connectivity index (χ3n) is 4.33. The molecule has 3 rings (SSSR count). The van der Waals surface area contributed by atoms with Crippen molar-refractivity contribution >= 4 is 39.9 Å². The van der Waals surface area contributed by atoms with E-state index in [0.29, 0.717) is 11.4 Å². The summed E-state index contributed by atoms with van der Waals surface area (Å²) >= 11 is 0. The molecule has 2 heterocycles. The number of carboxylic acid groups (broad SMARTS) is 1. The Kier molecular flexibility index (Phi) is 7.97. The highest BCUT2D eigenvalue weighted by Gasteiger charge is 2.20. The first-order valence-electron chi connectivity index (χ1n) is 10.5. The molecule has 0 unspecified atom stereocenters. The molecular formula is C23H31N5O5. The lowest BCUT2D eigenvalue weighted by molar-refractivity contribution is -0.137. The molecule has 0 atom stereocenters. The number of hydrogen-bond acceptors (Lipinski definition) is 6. The smallest absolute Gasteiger partial charge is 0.410 e. The molecule has 3 aromatic rings. The van der Waals surface area contributed by atoms with Gasteiger partial charge in [-0.05, 0) is 32.8 Å². The van der Waals surface area contributed by atoms with E-state index in [9.17, 15) is 14.4 Å². The Hall–Kier alpha value is -3.69. The maximum Gasteiger partial charge on any atom is 0.410 e. The van der Waals surface area contributed by atoms with Gasteiger partial charge in [0.15, 0.2) is 5.69 Å². The molecule has 0 radical (unpaired) electrons. The SMILES string of the molecule is CC(C)Cn1cnc2c(C(N)=O)nc3ccccc3c21.CN(CC(=O)O)C(=O)OC(C)(C)C. The second kappa shape index (κ2) is 10.3. The fraction of sp³-hybridized carbons (Fsp3) is 0.435. The van der Waals surface area contributed by atoms with Crippen LogP contribution in [0.2, 0.25) is 0 Å². The van der Waals surface area contributed by atoms with Crippen LogP contribution in [0, 0.1) is 5.92 Å². The number of nitrogens with two attached hydrogens (primary N) is 1. The van der Waals surface area contributed by atoms with Crippen molar-refractivity contribution in [3.05, 3.63) is 36.3 Å². The van der Waals surface area contributed by atoms with Gasteiger partial charge in [0, 0.05) is 19.0 Å². The van der Waals surface area contributed by atoms with Crippen LogP contribution in [0.3, 0.4) is 0 Å². The van der Waals surface area contributed by atoms with Crippen LogP contribution in [-0.2, 0) is 16.1 Å². The van der Waals surface area contributed by atoms with Crippen LogP contribution in [0.5, 0.6) is 0 Å². The van der Waals surface area contributed by atoms with Gasteiger partial charge < -0.3 is 25.0 Å². The molecule has 0 bridgehead atoms. The van der Waals surface area contributed by atoms with Crippen molar-refractivity contribution in [1.29, 1.82) is 0 Å². The first kappa shape index (κ1) is 25.6. The Morgan fingerprint density at radius 2 is 1.85 bits per heavy atom. The van der Waals surface area contributed by atoms with E-state index in [-0.39, 0.29) is 12.2 Å². The van der Waals surface area contributed by atoms with E-state index in [1.54, 1.807) is 27.1 Å². The van der Waals surface area contributed by atoms with Crippen molar-refractivity contribution in [1.82, 2.24) is 19.4 Å². The minimum Gasteiger partial charge on any atom is -0.480 e. The van der Waals surface area contributed by atoms with Gasteiger partial charge in [-0.1, -0.05) is 32.0 Å². The molecule has 33 heavy (non-hydrogen) atoms. The second-order valence-electron chi connectivity index (χ2n) is 9.06. The minimum atomic E-state index is -1.06. The van der Waals surface area contributed by atoms with Gasteiger partial charge >= 0.3 is 12.1 Å². The van der Waals surface area contributed by atoms with Crippen LogP contribution in [-0.4, -0.2) is 61.7 Å². The van der Waals surface area contributed by atoms with Crippen LogP contribution >= 0.6 is 0 Å². The lowest BCUT2D eigenvalue weighted by Crippen LogP contribution is -2.37. The number of fused-ring (bicyclic) bond motifs is 3. The normalized spacial score (nSPS) is 11.2. The molecule has 0 aliphatic carbocycles. The van der Waals surface area contributed by atoms with Crippen LogP contribution in [0.15, 0.2) is 30.6 Å². The Morgan fingerprint density at radius 3 is 2.39 bits per heavy atom. The number of nitrogens with zero attached hydrogens (tertiary/aromatic N) is 4. The van der Waals surface area contributed by atoms with Gasteiger partial charge in [-0.2, -0.15) is 0 Å². The van der Waals surface area contributed by atoms with Crippen LogP contribution in [0.25, 0.3) is 21.9 Å². The quantitative estimate of drug-likeness (QED) is 0.599. The number of aliphatic carboxylic acids is 1. The molecule has 2 aromatic heterocycles. The van der Waals surface area contributed by atoms with Gasteiger partial charge in [0.1, 0.15) is 17.7 Å². The first-order valence-corrected chi connectivity index (χ1v) is 10.5. The Labute approximate surface area is 192 Å². The number of para-hydroxylation sites is 1. The van der Waals surface area contributed by atoms with Gasteiger partial charge in [-0.15, -0.1) is 0 Å². The summed E-state index contributed by atoms with van der Waals surface area (Å²) in [6, 6.07) is 7.73. The summed E-state index contributed by atoms with van der Waals surface area (Å²) in [6.45, 7) is 9.94. The minimum absolute atomic E-state index is 0.237. The number of carboxylic acids is 1. The van der Waals surface area contributed by atoms with E-state index in [0.717, 1.165) is 27.9 Å². The van der Waals surface area contributed by atoms with E-state index >= 15 is 0 Å². The van der Waals surface area contributed by atoms with Crippen molar-refractivity contribution < 1.29 is 24.2 Å². The molecule has 0 saturated carbocycles. The molecule has 1 aromatic carbocycles. The molecule has 0 aliphatic rings. The molecule has 0 fully saturated rings. The fourth-order valence-electron chi connectivity index (χ4n) is 3.09. The molecule has 0 saturated heterocycles. The summed E-state index contributed by atoms with van der Waals surface area (Å²) in [5.41, 5.74) is 7.35. The van der Waals surface area contributed by atoms with E-state index in [4.69, 9.17) is 15.6 Å². The zero-order valence-corrected chi connectivity index (χ0v) is 19.8. The van der Waals surface area contributed by atoms with Crippen molar-refractivity contribution in [3.63, 3.8) is 0 Å². The number of imidazole rings is 1. The topological polar surface area (TPSA) is 141 Å². The van der Waals surface area contributed by atoms with E-state index in [1.165, 1.54) is 7.05 Å². The molecule has 3 N–H and O–H groups in total. The first-order chi connectivity index (χ1) is 15.3. The summed E-state index contributed by atoms with van der Waals surface area (Å²) in [4.78, 5) is 42.7. The molecule has 10 heteroatoms. The third-order valence-corrected chi connectivity index (χ3v) is 4.33. The molecular weight excluding hydrogens is 426 g/mol. The summed E-state index contributed by atoms with van der Waals surface area (Å²) < 4.78 is 6.99. The van der Waals surface area contributed by atoms with E-state index in [2.05, 4.69) is 28.4 Å². The summed E-state index contributed by atoms with van der Waals surface area (Å²) in [5, 5.41) is 9.37. The number of benzene rings is 1. The van der Waals surface area contributed by atoms with Crippen molar-refractivity contribution in [2.45, 2.75) is 46.8 Å². The van der Waals surface area contributed by atoms with Crippen LogP contribution in [0.4, 0.5) is 4.79 Å². The van der Waals surface area contributed by atoms with Crippen molar-refractivity contribution in [2.24, 2.45) is 11.7 Å². The maximum absolute atomic E-state index is 11.6. The van der Waals surface area contributed by atoms with Gasteiger partial charge in [0.05, 0.1) is 17.4 Å². The number of carbonyl (C=O) groups excluding carboxylic acids is 2. The van der Waals surface area contributed by atoms with E-state index < -0.39 is 23.6 Å². The molecule has 0 spiro atoms. The molecule has 178 valence electrons. The number of ether oxygens (including phenoxy) is 1. The standard InChI is InChI=1S/C15H16N4O.C8H15NO4/c1-9(2)7-19-8-17-12-13(15(16)20)18-11-6-4-3-5-10(11)14(12)19;1-8(2,3)13-7(12)9(4)5-6(10)11/h3-6,8-9H,7H2,1-2H3,(H2,16,20);5H2,1-4H3,(H,10,11).